The first-order valence-corrected chi connectivity index (χ1v) is 10.9. The number of carbonyl (C=O) groups excluding carboxylic acids is 2. The van der Waals surface area contributed by atoms with Gasteiger partial charge in [0.2, 0.25) is 0 Å². The number of rotatable bonds is 10. The molecule has 2 heterocycles. The molecule has 0 atom stereocenters. The molecule has 1 aromatic heterocycles. The molecule has 34 heavy (non-hydrogen) atoms. The zero-order valence-electron chi connectivity index (χ0n) is 19.3. The molecule has 3 aromatic rings. The smallest absolute Gasteiger partial charge is 0.278 e. The van der Waals surface area contributed by atoms with E-state index in [1.54, 1.807) is 61.7 Å². The molecule has 0 saturated heterocycles. The second kappa shape index (κ2) is 10.2. The summed E-state index contributed by atoms with van der Waals surface area (Å²) in [7, 11) is 3.08. The maximum absolute atomic E-state index is 13.4. The Bertz CT molecular complexity index is 1200. The van der Waals surface area contributed by atoms with Crippen molar-refractivity contribution >= 4 is 23.1 Å². The summed E-state index contributed by atoms with van der Waals surface area (Å²) in [6.45, 7) is 2.65. The van der Waals surface area contributed by atoms with E-state index in [1.807, 2.05) is 6.92 Å². The van der Waals surface area contributed by atoms with Crippen LogP contribution in [0, 0.1) is 0 Å². The average Bonchev–Trinajstić information content (AvgIpc) is 3.46. The number of ether oxygens (including phenoxy) is 3. The summed E-state index contributed by atoms with van der Waals surface area (Å²) in [5.74, 6) is 1.40. The molecule has 0 spiro atoms. The van der Waals surface area contributed by atoms with Crippen LogP contribution in [0.3, 0.4) is 0 Å². The molecule has 0 bridgehead atoms. The lowest BCUT2D eigenvalue weighted by molar-refractivity contribution is -0.137. The second-order valence-corrected chi connectivity index (χ2v) is 7.59. The summed E-state index contributed by atoms with van der Waals surface area (Å²) < 4.78 is 21.7. The van der Waals surface area contributed by atoms with E-state index in [1.165, 1.54) is 13.4 Å². The van der Waals surface area contributed by atoms with Gasteiger partial charge in [0.1, 0.15) is 28.7 Å². The monoisotopic (exact) mass is 462 g/mol. The van der Waals surface area contributed by atoms with Crippen molar-refractivity contribution in [3.63, 3.8) is 0 Å². The lowest BCUT2D eigenvalue weighted by Crippen LogP contribution is -2.31. The zero-order chi connectivity index (χ0) is 24.1. The number of nitrogens with one attached hydrogen (secondary N) is 1. The number of anilines is 1. The average molecular weight is 463 g/mol. The number of methoxy groups -OCH3 is 2. The third-order valence-corrected chi connectivity index (χ3v) is 5.35. The summed E-state index contributed by atoms with van der Waals surface area (Å²) in [5, 5.41) is 3.12. The van der Waals surface area contributed by atoms with Gasteiger partial charge in [-0.3, -0.25) is 14.5 Å². The van der Waals surface area contributed by atoms with Crippen LogP contribution in [0.2, 0.25) is 0 Å². The van der Waals surface area contributed by atoms with Crippen molar-refractivity contribution < 1.29 is 28.2 Å². The van der Waals surface area contributed by atoms with Crippen LogP contribution in [0.5, 0.6) is 17.2 Å². The van der Waals surface area contributed by atoms with Crippen LogP contribution in [0.1, 0.15) is 24.7 Å². The van der Waals surface area contributed by atoms with Crippen LogP contribution in [-0.2, 0) is 16.1 Å². The van der Waals surface area contributed by atoms with Crippen molar-refractivity contribution in [2.45, 2.75) is 19.9 Å². The molecule has 8 nitrogen and oxygen atoms in total. The molecule has 2 amide bonds. The maximum atomic E-state index is 13.4. The second-order valence-electron chi connectivity index (χ2n) is 7.59. The van der Waals surface area contributed by atoms with Crippen molar-refractivity contribution in [1.82, 2.24) is 4.90 Å². The molecule has 176 valence electrons. The fourth-order valence-corrected chi connectivity index (χ4v) is 3.64. The normalized spacial score (nSPS) is 13.4. The highest BCUT2D eigenvalue weighted by Gasteiger charge is 2.40. The van der Waals surface area contributed by atoms with Gasteiger partial charge in [0.05, 0.1) is 44.9 Å². The summed E-state index contributed by atoms with van der Waals surface area (Å²) >= 11 is 0. The number of amides is 2. The topological polar surface area (TPSA) is 90.2 Å². The molecule has 1 N–H and O–H groups in total. The first kappa shape index (κ1) is 23.0. The van der Waals surface area contributed by atoms with Crippen LogP contribution in [0.4, 0.5) is 5.69 Å². The van der Waals surface area contributed by atoms with Crippen molar-refractivity contribution in [1.29, 1.82) is 0 Å². The van der Waals surface area contributed by atoms with Gasteiger partial charge >= 0.3 is 0 Å². The predicted molar refractivity (Wildman–Crippen MR) is 127 cm³/mol. The largest absolute Gasteiger partial charge is 0.497 e. The minimum absolute atomic E-state index is 0.0246. The fraction of sp³-hybridized carbons (Fsp3) is 0.231. The molecular weight excluding hydrogens is 436 g/mol. The molecular formula is C26H26N2O6. The number of carbonyl (C=O) groups is 2. The summed E-state index contributed by atoms with van der Waals surface area (Å²) in [6.07, 6.45) is 2.39. The van der Waals surface area contributed by atoms with E-state index >= 15 is 0 Å². The van der Waals surface area contributed by atoms with E-state index < -0.39 is 11.8 Å². The van der Waals surface area contributed by atoms with E-state index in [9.17, 15) is 9.59 Å². The number of imide groups is 1. The Morgan fingerprint density at radius 2 is 1.71 bits per heavy atom. The Labute approximate surface area is 197 Å². The first-order chi connectivity index (χ1) is 16.5. The summed E-state index contributed by atoms with van der Waals surface area (Å²) in [4.78, 5) is 28.0. The van der Waals surface area contributed by atoms with Gasteiger partial charge in [0.15, 0.2) is 0 Å². The van der Waals surface area contributed by atoms with E-state index in [-0.39, 0.29) is 17.8 Å². The van der Waals surface area contributed by atoms with Crippen molar-refractivity contribution in [2.24, 2.45) is 0 Å². The van der Waals surface area contributed by atoms with Crippen LogP contribution in [-0.4, -0.2) is 37.5 Å². The molecule has 0 fully saturated rings. The third kappa shape index (κ3) is 4.61. The quantitative estimate of drug-likeness (QED) is 0.444. The van der Waals surface area contributed by atoms with E-state index in [4.69, 9.17) is 18.6 Å². The van der Waals surface area contributed by atoms with Crippen molar-refractivity contribution in [3.8, 4) is 17.2 Å². The zero-order valence-corrected chi connectivity index (χ0v) is 19.3. The van der Waals surface area contributed by atoms with Crippen molar-refractivity contribution in [3.05, 3.63) is 77.9 Å². The number of nitrogens with zero attached hydrogens (tertiary/aromatic N) is 1. The highest BCUT2D eigenvalue weighted by Crippen LogP contribution is 2.36. The van der Waals surface area contributed by atoms with Gasteiger partial charge in [-0.2, -0.15) is 0 Å². The highest BCUT2D eigenvalue weighted by molar-refractivity contribution is 6.36. The molecule has 1 aliphatic rings. The van der Waals surface area contributed by atoms with Crippen LogP contribution >= 0.6 is 0 Å². The predicted octanol–water partition coefficient (Wildman–Crippen LogP) is 4.48. The van der Waals surface area contributed by atoms with Gasteiger partial charge < -0.3 is 23.9 Å². The first-order valence-electron chi connectivity index (χ1n) is 10.9. The van der Waals surface area contributed by atoms with Crippen molar-refractivity contribution in [2.75, 3.05) is 26.1 Å². The minimum atomic E-state index is -0.458. The van der Waals surface area contributed by atoms with Gasteiger partial charge in [0.25, 0.3) is 11.8 Å². The Kier molecular flexibility index (Phi) is 6.87. The molecule has 0 unspecified atom stereocenters. The number of benzene rings is 2. The minimum Gasteiger partial charge on any atom is -0.497 e. The van der Waals surface area contributed by atoms with E-state index in [0.29, 0.717) is 40.9 Å². The van der Waals surface area contributed by atoms with Crippen LogP contribution in [0.15, 0.2) is 71.0 Å². The molecule has 4 rings (SSSR count). The molecule has 8 heteroatoms. The van der Waals surface area contributed by atoms with E-state index in [0.717, 1.165) is 11.3 Å². The summed E-state index contributed by atoms with van der Waals surface area (Å²) in [6, 6.07) is 15.7. The Hall–Kier alpha value is -4.20. The van der Waals surface area contributed by atoms with Crippen LogP contribution < -0.4 is 19.5 Å². The molecule has 0 saturated carbocycles. The number of hydrogen-bond donors (Lipinski definition) is 1. The third-order valence-electron chi connectivity index (χ3n) is 5.35. The Morgan fingerprint density at radius 3 is 2.35 bits per heavy atom. The van der Waals surface area contributed by atoms with Gasteiger partial charge in [-0.1, -0.05) is 19.1 Å². The lowest BCUT2D eigenvalue weighted by Gasteiger charge is -2.15. The number of hydrogen-bond acceptors (Lipinski definition) is 7. The van der Waals surface area contributed by atoms with Gasteiger partial charge in [-0.15, -0.1) is 0 Å². The molecule has 0 aliphatic carbocycles. The summed E-state index contributed by atoms with van der Waals surface area (Å²) in [5.41, 5.74) is 1.54. The van der Waals surface area contributed by atoms with Gasteiger partial charge in [-0.25, -0.2) is 0 Å². The molecule has 2 aromatic carbocycles. The van der Waals surface area contributed by atoms with Gasteiger partial charge in [-0.05, 0) is 48.4 Å². The maximum Gasteiger partial charge on any atom is 0.278 e. The molecule has 1 aliphatic heterocycles. The fourth-order valence-electron chi connectivity index (χ4n) is 3.64. The molecule has 0 radical (unpaired) electrons. The standard InChI is InChI=1S/C26H26N2O6/c1-4-13-33-18-9-7-17(8-10-18)23-24(27-21-12-11-19(31-2)15-22(21)32-3)26(30)28(25(23)29)16-20-6-5-14-34-20/h5-12,14-15,27H,4,13,16H2,1-3H3. The lowest BCUT2D eigenvalue weighted by atomic mass is 10.0. The van der Waals surface area contributed by atoms with E-state index in [2.05, 4.69) is 5.32 Å². The highest BCUT2D eigenvalue weighted by atomic mass is 16.5. The Balaban J connectivity index is 1.73. The number of furan rings is 1. The van der Waals surface area contributed by atoms with Crippen LogP contribution in [0.25, 0.3) is 5.57 Å². The SMILES string of the molecule is CCCOc1ccc(C2=C(Nc3ccc(OC)cc3OC)C(=O)N(Cc3ccco3)C2=O)cc1. The Morgan fingerprint density at radius 1 is 0.941 bits per heavy atom. The van der Waals surface area contributed by atoms with Gasteiger partial charge in [0, 0.05) is 6.07 Å².